The molecule has 0 bridgehead atoms. The summed E-state index contributed by atoms with van der Waals surface area (Å²) in [5, 5.41) is 25.7. The van der Waals surface area contributed by atoms with E-state index in [0.29, 0.717) is 32.4 Å². The molecule has 1 amide bonds. The fourth-order valence-corrected chi connectivity index (χ4v) is 5.16. The minimum absolute atomic E-state index is 0.0326. The number of furan rings is 1. The molecule has 2 aliphatic heterocycles. The maximum Gasteiger partial charge on any atom is 0.283 e. The average molecular weight is 488 g/mol. The standard InChI is InChI=1S/C24H16N4O4S2/c25-20-18(12-17-9-10-19(32-17)15-7-4-8-16(11-15)22(30)31)21(29)26-23-28(20)27-24(34-23)33-13-14-5-2-1-3-6-14/h1-12,25H,13H2,(H,30,31)/p-1/b18-12-,25-20?. The molecule has 3 aromatic rings. The number of hydrazone groups is 1. The number of carboxylic acid groups (broad SMARTS) is 1. The Kier molecular flexibility index (Phi) is 5.91. The van der Waals surface area contributed by atoms with Crippen molar-refractivity contribution in [2.45, 2.75) is 5.75 Å². The molecule has 0 aliphatic carbocycles. The number of carbonyl (C=O) groups is 2. The lowest BCUT2D eigenvalue weighted by molar-refractivity contribution is -0.255. The lowest BCUT2D eigenvalue weighted by atomic mass is 10.1. The fourth-order valence-electron chi connectivity index (χ4n) is 3.28. The van der Waals surface area contributed by atoms with Gasteiger partial charge in [-0.3, -0.25) is 10.2 Å². The largest absolute Gasteiger partial charge is 0.545 e. The van der Waals surface area contributed by atoms with Crippen LogP contribution in [0.25, 0.3) is 17.4 Å². The second kappa shape index (κ2) is 9.16. The van der Waals surface area contributed by atoms with Crippen LogP contribution in [-0.4, -0.2) is 32.3 Å². The smallest absolute Gasteiger partial charge is 0.283 e. The molecule has 3 heterocycles. The van der Waals surface area contributed by atoms with Crippen LogP contribution in [0.5, 0.6) is 0 Å². The van der Waals surface area contributed by atoms with Gasteiger partial charge < -0.3 is 14.3 Å². The third-order valence-electron chi connectivity index (χ3n) is 4.94. The highest BCUT2D eigenvalue weighted by Gasteiger charge is 2.36. The van der Waals surface area contributed by atoms with Gasteiger partial charge in [0, 0.05) is 11.3 Å². The van der Waals surface area contributed by atoms with Crippen molar-refractivity contribution in [3.05, 3.63) is 89.2 Å². The number of fused-ring (bicyclic) bond motifs is 1. The number of carbonyl (C=O) groups excluding carboxylic acids is 2. The van der Waals surface area contributed by atoms with Crippen LogP contribution in [0, 0.1) is 5.41 Å². The predicted molar refractivity (Wildman–Crippen MR) is 131 cm³/mol. The van der Waals surface area contributed by atoms with Gasteiger partial charge in [0.25, 0.3) is 5.91 Å². The molecule has 1 N–H and O–H groups in total. The number of amidine groups is 2. The van der Waals surface area contributed by atoms with Crippen molar-refractivity contribution >= 4 is 56.9 Å². The zero-order valence-electron chi connectivity index (χ0n) is 17.4. The van der Waals surface area contributed by atoms with Crippen LogP contribution in [-0.2, 0) is 10.5 Å². The first kappa shape index (κ1) is 21.9. The van der Waals surface area contributed by atoms with Crippen LogP contribution in [0.2, 0.25) is 0 Å². The van der Waals surface area contributed by atoms with Crippen LogP contribution in [0.15, 0.2) is 86.8 Å². The van der Waals surface area contributed by atoms with E-state index in [2.05, 4.69) is 10.1 Å². The Bertz CT molecular complexity index is 1410. The van der Waals surface area contributed by atoms with Crippen molar-refractivity contribution in [3.63, 3.8) is 0 Å². The number of thioether (sulfide) groups is 2. The zero-order valence-corrected chi connectivity index (χ0v) is 19.1. The Labute approximate surface area is 202 Å². The SMILES string of the molecule is N=C1/C(=C/c2ccc(-c3cccc(C(=O)[O-])c3)o2)C(=O)N=C2SC(SCc3ccccc3)=NN12. The second-order valence-electron chi connectivity index (χ2n) is 7.23. The number of nitrogens with one attached hydrogen (secondary N) is 1. The van der Waals surface area contributed by atoms with Gasteiger partial charge in [0.05, 0.1) is 11.5 Å². The van der Waals surface area contributed by atoms with E-state index >= 15 is 0 Å². The number of amides is 1. The normalized spacial score (nSPS) is 16.5. The van der Waals surface area contributed by atoms with E-state index in [1.165, 1.54) is 46.7 Å². The first-order chi connectivity index (χ1) is 16.5. The Hall–Kier alpha value is -3.89. The molecular weight excluding hydrogens is 472 g/mol. The highest BCUT2D eigenvalue weighted by molar-refractivity contribution is 8.45. The number of nitrogens with zero attached hydrogens (tertiary/aromatic N) is 3. The van der Waals surface area contributed by atoms with Crippen molar-refractivity contribution in [1.82, 2.24) is 5.01 Å². The van der Waals surface area contributed by atoms with E-state index in [-0.39, 0.29) is 17.0 Å². The summed E-state index contributed by atoms with van der Waals surface area (Å²) in [5.41, 5.74) is 1.78. The van der Waals surface area contributed by atoms with Crippen molar-refractivity contribution in [3.8, 4) is 11.3 Å². The zero-order chi connectivity index (χ0) is 23.7. The molecule has 0 saturated heterocycles. The molecule has 10 heteroatoms. The van der Waals surface area contributed by atoms with Gasteiger partial charge in [-0.15, -0.1) is 5.10 Å². The molecule has 2 aliphatic rings. The molecule has 0 radical (unpaired) electrons. The van der Waals surface area contributed by atoms with Crippen molar-refractivity contribution in [2.24, 2.45) is 10.1 Å². The molecule has 2 aromatic carbocycles. The Morgan fingerprint density at radius 2 is 1.97 bits per heavy atom. The lowest BCUT2D eigenvalue weighted by Crippen LogP contribution is -2.35. The van der Waals surface area contributed by atoms with E-state index in [4.69, 9.17) is 9.83 Å². The Morgan fingerprint density at radius 1 is 1.15 bits per heavy atom. The van der Waals surface area contributed by atoms with Crippen molar-refractivity contribution in [2.75, 3.05) is 0 Å². The van der Waals surface area contributed by atoms with E-state index in [9.17, 15) is 14.7 Å². The van der Waals surface area contributed by atoms with E-state index in [1.807, 2.05) is 30.3 Å². The summed E-state index contributed by atoms with van der Waals surface area (Å²) in [5.74, 6) is -0.458. The van der Waals surface area contributed by atoms with Gasteiger partial charge in [-0.2, -0.15) is 10.0 Å². The van der Waals surface area contributed by atoms with Crippen LogP contribution in [0.1, 0.15) is 21.7 Å². The molecule has 1 aromatic heterocycles. The first-order valence-corrected chi connectivity index (χ1v) is 11.9. The molecule has 168 valence electrons. The fraction of sp³-hybridized carbons (Fsp3) is 0.0417. The third kappa shape index (κ3) is 4.45. The summed E-state index contributed by atoms with van der Waals surface area (Å²) in [4.78, 5) is 27.8. The minimum atomic E-state index is -1.28. The number of rotatable bonds is 5. The first-order valence-electron chi connectivity index (χ1n) is 10.1. The summed E-state index contributed by atoms with van der Waals surface area (Å²) in [6.45, 7) is 0. The third-order valence-corrected chi connectivity index (χ3v) is 7.05. The summed E-state index contributed by atoms with van der Waals surface area (Å²) in [6.07, 6.45) is 1.44. The molecule has 5 rings (SSSR count). The molecule has 8 nitrogen and oxygen atoms in total. The van der Waals surface area contributed by atoms with E-state index < -0.39 is 11.9 Å². The summed E-state index contributed by atoms with van der Waals surface area (Å²) >= 11 is 2.77. The maximum absolute atomic E-state index is 12.6. The highest BCUT2D eigenvalue weighted by Crippen LogP contribution is 2.34. The Morgan fingerprint density at radius 3 is 2.76 bits per heavy atom. The molecular formula is C24H15N4O4S2-. The van der Waals surface area contributed by atoms with E-state index in [1.54, 1.807) is 24.3 Å². The quantitative estimate of drug-likeness (QED) is 0.543. The van der Waals surface area contributed by atoms with Crippen LogP contribution in [0.4, 0.5) is 0 Å². The molecule has 34 heavy (non-hydrogen) atoms. The second-order valence-corrected chi connectivity index (χ2v) is 9.41. The van der Waals surface area contributed by atoms with Gasteiger partial charge in [0.15, 0.2) is 10.2 Å². The van der Waals surface area contributed by atoms with Gasteiger partial charge in [0.1, 0.15) is 11.5 Å². The number of hydrogen-bond donors (Lipinski definition) is 1. The van der Waals surface area contributed by atoms with Gasteiger partial charge in [-0.25, -0.2) is 0 Å². The van der Waals surface area contributed by atoms with Gasteiger partial charge in [0.2, 0.25) is 5.17 Å². The topological polar surface area (TPSA) is 122 Å². The number of aliphatic imine (C=N–C) groups is 1. The highest BCUT2D eigenvalue weighted by atomic mass is 32.2. The molecule has 0 spiro atoms. The summed E-state index contributed by atoms with van der Waals surface area (Å²) in [7, 11) is 0. The van der Waals surface area contributed by atoms with E-state index in [0.717, 1.165) is 5.56 Å². The average Bonchev–Trinajstić information content (AvgIpc) is 3.48. The van der Waals surface area contributed by atoms with Crippen molar-refractivity contribution < 1.29 is 19.1 Å². The lowest BCUT2D eigenvalue weighted by Gasteiger charge is -2.19. The molecule has 0 atom stereocenters. The van der Waals surface area contributed by atoms with Crippen LogP contribution in [0.3, 0.4) is 0 Å². The maximum atomic E-state index is 12.6. The minimum Gasteiger partial charge on any atom is -0.545 e. The summed E-state index contributed by atoms with van der Waals surface area (Å²) < 4.78 is 6.48. The van der Waals surface area contributed by atoms with Crippen molar-refractivity contribution in [1.29, 1.82) is 5.41 Å². The van der Waals surface area contributed by atoms with Crippen LogP contribution >= 0.6 is 23.5 Å². The van der Waals surface area contributed by atoms with Crippen LogP contribution < -0.4 is 5.11 Å². The number of carboxylic acids is 1. The summed E-state index contributed by atoms with van der Waals surface area (Å²) in [6, 6.07) is 19.4. The monoisotopic (exact) mass is 487 g/mol. The number of hydrogen-bond acceptors (Lipinski definition) is 8. The molecule has 0 unspecified atom stereocenters. The van der Waals surface area contributed by atoms with Gasteiger partial charge in [-0.1, -0.05) is 60.3 Å². The van der Waals surface area contributed by atoms with Gasteiger partial charge in [-0.05, 0) is 47.2 Å². The molecule has 0 saturated carbocycles. The number of aromatic carboxylic acids is 1. The Balaban J connectivity index is 1.35. The molecule has 0 fully saturated rings. The number of benzene rings is 2. The predicted octanol–water partition coefficient (Wildman–Crippen LogP) is 3.82. The van der Waals surface area contributed by atoms with Gasteiger partial charge >= 0.3 is 0 Å².